The summed E-state index contributed by atoms with van der Waals surface area (Å²) in [5, 5.41) is 2.41. The Morgan fingerprint density at radius 2 is 1.89 bits per heavy atom. The zero-order chi connectivity index (χ0) is 14.3. The van der Waals surface area contributed by atoms with Crippen LogP contribution in [0.1, 0.15) is 75.8 Å². The summed E-state index contributed by atoms with van der Waals surface area (Å²) in [6.07, 6.45) is 5.33. The molecule has 0 amide bonds. The molecule has 0 spiro atoms. The van der Waals surface area contributed by atoms with Gasteiger partial charge in [0, 0.05) is 10.6 Å². The number of rotatable bonds is 9. The number of thioether (sulfide) groups is 1. The van der Waals surface area contributed by atoms with Crippen LogP contribution in [0.5, 0.6) is 0 Å². The normalized spacial score (nSPS) is 11.7. The van der Waals surface area contributed by atoms with Gasteiger partial charge >= 0.3 is 0 Å². The molecule has 19 heavy (non-hydrogen) atoms. The summed E-state index contributed by atoms with van der Waals surface area (Å²) in [7, 11) is 0. The van der Waals surface area contributed by atoms with Gasteiger partial charge in [0.2, 0.25) is 0 Å². The molecule has 1 heterocycles. The van der Waals surface area contributed by atoms with Gasteiger partial charge in [0.1, 0.15) is 0 Å². The van der Waals surface area contributed by atoms with Gasteiger partial charge in [0.05, 0.1) is 0 Å². The minimum absolute atomic E-state index is 0.678. The van der Waals surface area contributed by atoms with E-state index >= 15 is 0 Å². The zero-order valence-corrected chi connectivity index (χ0v) is 14.9. The highest BCUT2D eigenvalue weighted by molar-refractivity contribution is 7.98. The smallest absolute Gasteiger partial charge is 0.0198 e. The van der Waals surface area contributed by atoms with Crippen LogP contribution in [-0.2, 0) is 12.2 Å². The van der Waals surface area contributed by atoms with Crippen molar-refractivity contribution in [2.45, 2.75) is 72.0 Å². The van der Waals surface area contributed by atoms with Crippen LogP contribution in [0.3, 0.4) is 0 Å². The van der Waals surface area contributed by atoms with E-state index in [-0.39, 0.29) is 0 Å². The zero-order valence-electron chi connectivity index (χ0n) is 13.3. The third-order valence-corrected chi connectivity index (χ3v) is 5.75. The maximum Gasteiger partial charge on any atom is 0.0198 e. The molecule has 2 heteroatoms. The molecule has 110 valence electrons. The standard InChI is InChI=1S/C17H30S2/c1-6-7-8-9-18-12-16-15(10-13(2)3)11-19-17(16)14(4)5/h11,13-14H,6-10,12H2,1-5H3. The van der Waals surface area contributed by atoms with Crippen LogP contribution in [0.25, 0.3) is 0 Å². The molecule has 0 fully saturated rings. The summed E-state index contributed by atoms with van der Waals surface area (Å²) < 4.78 is 0. The van der Waals surface area contributed by atoms with E-state index < -0.39 is 0 Å². The van der Waals surface area contributed by atoms with Gasteiger partial charge in [-0.05, 0) is 46.9 Å². The highest BCUT2D eigenvalue weighted by atomic mass is 32.2. The highest BCUT2D eigenvalue weighted by Crippen LogP contribution is 2.33. The van der Waals surface area contributed by atoms with Crippen LogP contribution in [0, 0.1) is 5.92 Å². The van der Waals surface area contributed by atoms with E-state index in [1.807, 2.05) is 11.3 Å². The van der Waals surface area contributed by atoms with Crippen molar-refractivity contribution in [1.82, 2.24) is 0 Å². The van der Waals surface area contributed by atoms with Crippen LogP contribution in [0.15, 0.2) is 5.38 Å². The van der Waals surface area contributed by atoms with Gasteiger partial charge < -0.3 is 0 Å². The van der Waals surface area contributed by atoms with Crippen molar-refractivity contribution in [3.63, 3.8) is 0 Å². The SMILES string of the molecule is CCCCCSCc1c(CC(C)C)csc1C(C)C. The van der Waals surface area contributed by atoms with Gasteiger partial charge in [-0.15, -0.1) is 11.3 Å². The van der Waals surface area contributed by atoms with E-state index in [1.54, 1.807) is 16.0 Å². The quantitative estimate of drug-likeness (QED) is 0.469. The molecule has 1 aromatic heterocycles. The molecule has 0 atom stereocenters. The second-order valence-corrected chi connectivity index (χ2v) is 8.13. The van der Waals surface area contributed by atoms with E-state index in [2.05, 4.69) is 51.8 Å². The fraction of sp³-hybridized carbons (Fsp3) is 0.765. The molecule has 0 aromatic carbocycles. The van der Waals surface area contributed by atoms with Gasteiger partial charge in [-0.3, -0.25) is 0 Å². The van der Waals surface area contributed by atoms with Crippen molar-refractivity contribution in [1.29, 1.82) is 0 Å². The number of unbranched alkanes of at least 4 members (excludes halogenated alkanes) is 2. The molecule has 0 aliphatic rings. The summed E-state index contributed by atoms with van der Waals surface area (Å²) in [6, 6.07) is 0. The molecule has 0 aliphatic heterocycles. The fourth-order valence-corrected chi connectivity index (χ4v) is 4.64. The Kier molecular flexibility index (Phi) is 8.17. The van der Waals surface area contributed by atoms with Gasteiger partial charge in [-0.1, -0.05) is 47.5 Å². The Morgan fingerprint density at radius 3 is 2.47 bits per heavy atom. The largest absolute Gasteiger partial charge is 0.157 e. The monoisotopic (exact) mass is 298 g/mol. The van der Waals surface area contributed by atoms with Gasteiger partial charge in [-0.25, -0.2) is 0 Å². The lowest BCUT2D eigenvalue weighted by Crippen LogP contribution is -1.99. The van der Waals surface area contributed by atoms with Crippen LogP contribution < -0.4 is 0 Å². The van der Waals surface area contributed by atoms with Crippen molar-refractivity contribution < 1.29 is 0 Å². The summed E-state index contributed by atoms with van der Waals surface area (Å²) in [6.45, 7) is 11.6. The Bertz CT molecular complexity index is 350. The molecular weight excluding hydrogens is 268 g/mol. The van der Waals surface area contributed by atoms with E-state index in [0.29, 0.717) is 5.92 Å². The lowest BCUT2D eigenvalue weighted by molar-refractivity contribution is 0.645. The van der Waals surface area contributed by atoms with Crippen molar-refractivity contribution in [2.75, 3.05) is 5.75 Å². The van der Waals surface area contributed by atoms with Gasteiger partial charge in [0.25, 0.3) is 0 Å². The molecule has 0 radical (unpaired) electrons. The van der Waals surface area contributed by atoms with E-state index in [4.69, 9.17) is 0 Å². The molecule has 0 saturated carbocycles. The Hall–Kier alpha value is 0.0500. The topological polar surface area (TPSA) is 0 Å². The maximum absolute atomic E-state index is 2.41. The summed E-state index contributed by atoms with van der Waals surface area (Å²) in [5.74, 6) is 3.99. The average Bonchev–Trinajstić information content (AvgIpc) is 2.71. The van der Waals surface area contributed by atoms with Crippen molar-refractivity contribution in [2.24, 2.45) is 5.92 Å². The van der Waals surface area contributed by atoms with Crippen LogP contribution in [-0.4, -0.2) is 5.75 Å². The first-order chi connectivity index (χ1) is 9.06. The van der Waals surface area contributed by atoms with E-state index in [9.17, 15) is 0 Å². The molecule has 0 saturated heterocycles. The van der Waals surface area contributed by atoms with Crippen molar-refractivity contribution >= 4 is 23.1 Å². The lowest BCUT2D eigenvalue weighted by atomic mass is 9.99. The van der Waals surface area contributed by atoms with Crippen LogP contribution in [0.4, 0.5) is 0 Å². The summed E-state index contributed by atoms with van der Waals surface area (Å²) >= 11 is 4.11. The molecule has 0 N–H and O–H groups in total. The third-order valence-electron chi connectivity index (χ3n) is 3.30. The summed E-state index contributed by atoms with van der Waals surface area (Å²) in [5.41, 5.74) is 3.28. The van der Waals surface area contributed by atoms with Crippen molar-refractivity contribution in [3.05, 3.63) is 21.4 Å². The Balaban J connectivity index is 2.63. The predicted molar refractivity (Wildman–Crippen MR) is 92.6 cm³/mol. The molecule has 0 aliphatic carbocycles. The fourth-order valence-electron chi connectivity index (χ4n) is 2.32. The lowest BCUT2D eigenvalue weighted by Gasteiger charge is -2.11. The third kappa shape index (κ3) is 5.91. The molecule has 0 nitrogen and oxygen atoms in total. The Labute approximate surface area is 128 Å². The van der Waals surface area contributed by atoms with Gasteiger partial charge in [0.15, 0.2) is 0 Å². The van der Waals surface area contributed by atoms with Crippen LogP contribution >= 0.6 is 23.1 Å². The van der Waals surface area contributed by atoms with Crippen LogP contribution in [0.2, 0.25) is 0 Å². The molecule has 1 aromatic rings. The summed E-state index contributed by atoms with van der Waals surface area (Å²) in [4.78, 5) is 1.62. The minimum Gasteiger partial charge on any atom is -0.157 e. The predicted octanol–water partition coefficient (Wildman–Crippen LogP) is 6.49. The van der Waals surface area contributed by atoms with Gasteiger partial charge in [-0.2, -0.15) is 11.8 Å². The molecular formula is C17H30S2. The van der Waals surface area contributed by atoms with E-state index in [0.717, 1.165) is 5.92 Å². The molecule has 0 unspecified atom stereocenters. The number of hydrogen-bond donors (Lipinski definition) is 0. The first-order valence-corrected chi connectivity index (χ1v) is 9.76. The Morgan fingerprint density at radius 1 is 1.16 bits per heavy atom. The first-order valence-electron chi connectivity index (χ1n) is 7.73. The average molecular weight is 299 g/mol. The number of thiophene rings is 1. The minimum atomic E-state index is 0.678. The second kappa shape index (κ2) is 9.07. The van der Waals surface area contributed by atoms with Crippen molar-refractivity contribution in [3.8, 4) is 0 Å². The highest BCUT2D eigenvalue weighted by Gasteiger charge is 2.15. The molecule has 1 rings (SSSR count). The maximum atomic E-state index is 2.41. The van der Waals surface area contributed by atoms with E-state index in [1.165, 1.54) is 37.2 Å². The first kappa shape index (κ1) is 17.1. The second-order valence-electron chi connectivity index (χ2n) is 6.12. The number of hydrogen-bond acceptors (Lipinski definition) is 2. The molecule has 0 bridgehead atoms.